The Hall–Kier alpha value is -3.39. The van der Waals surface area contributed by atoms with Crippen LogP contribution < -0.4 is 0 Å². The van der Waals surface area contributed by atoms with Crippen molar-refractivity contribution in [2.45, 2.75) is 19.8 Å². The molecule has 1 amide bonds. The Morgan fingerprint density at radius 1 is 1.17 bits per heavy atom. The molecule has 2 aliphatic heterocycles. The molecule has 1 aromatic carbocycles. The molecule has 4 rings (SSSR count). The smallest absolute Gasteiger partial charge is 0.219 e. The van der Waals surface area contributed by atoms with E-state index in [4.69, 9.17) is 0 Å². The molecule has 1 fully saturated rings. The number of amides is 1. The van der Waals surface area contributed by atoms with Gasteiger partial charge in [-0.25, -0.2) is 0 Å². The third-order valence-corrected chi connectivity index (χ3v) is 5.93. The fraction of sp³-hybridized carbons (Fsp3) is 0.320. The second kappa shape index (κ2) is 8.96. The zero-order valence-corrected chi connectivity index (χ0v) is 17.3. The number of hydrogen-bond donors (Lipinski definition) is 0. The minimum Gasteiger partial charge on any atom is -0.372 e. The van der Waals surface area contributed by atoms with Crippen molar-refractivity contribution in [2.24, 2.45) is 5.92 Å². The highest BCUT2D eigenvalue weighted by molar-refractivity contribution is 5.86. The van der Waals surface area contributed by atoms with Gasteiger partial charge in [-0.05, 0) is 54.2 Å². The van der Waals surface area contributed by atoms with Crippen LogP contribution in [-0.4, -0.2) is 46.9 Å². The number of likely N-dealkylation sites (tertiary alicyclic amines) is 1. The maximum Gasteiger partial charge on any atom is 0.219 e. The van der Waals surface area contributed by atoms with Crippen LogP contribution in [0.1, 0.15) is 36.6 Å². The second-order valence-corrected chi connectivity index (χ2v) is 8.01. The van der Waals surface area contributed by atoms with Crippen LogP contribution in [0, 0.1) is 17.2 Å². The molecule has 0 saturated carbocycles. The van der Waals surface area contributed by atoms with Gasteiger partial charge in [0, 0.05) is 51.1 Å². The van der Waals surface area contributed by atoms with Crippen LogP contribution in [0.2, 0.25) is 0 Å². The summed E-state index contributed by atoms with van der Waals surface area (Å²) in [5.41, 5.74) is 4.81. The van der Waals surface area contributed by atoms with Crippen molar-refractivity contribution in [3.63, 3.8) is 0 Å². The molecule has 0 N–H and O–H groups in total. The monoisotopic (exact) mass is 398 g/mol. The molecule has 2 aromatic rings. The standard InChI is InChI=1S/C25H26N4O/c1-19(30)29-12-9-20(10-13-29)16-28-17-22(24-7-3-2-6-21(24)15-26)14-23(18-28)25-8-4-5-11-27-25/h2-8,11,14,18,20H,9-10,12-13,16-17H2,1H3. The number of hydrogen-bond acceptors (Lipinski definition) is 4. The zero-order valence-electron chi connectivity index (χ0n) is 17.3. The van der Waals surface area contributed by atoms with E-state index in [1.54, 1.807) is 6.92 Å². The minimum absolute atomic E-state index is 0.169. The minimum atomic E-state index is 0.169. The van der Waals surface area contributed by atoms with E-state index >= 15 is 0 Å². The lowest BCUT2D eigenvalue weighted by molar-refractivity contribution is -0.130. The number of benzene rings is 1. The third-order valence-electron chi connectivity index (χ3n) is 5.93. The predicted octanol–water partition coefficient (Wildman–Crippen LogP) is 3.95. The summed E-state index contributed by atoms with van der Waals surface area (Å²) in [6.45, 7) is 5.03. The number of pyridine rings is 1. The molecule has 0 spiro atoms. The summed E-state index contributed by atoms with van der Waals surface area (Å²) in [5.74, 6) is 0.717. The van der Waals surface area contributed by atoms with Gasteiger partial charge in [0.05, 0.1) is 17.3 Å². The second-order valence-electron chi connectivity index (χ2n) is 8.01. The molecule has 1 aromatic heterocycles. The van der Waals surface area contributed by atoms with E-state index in [1.807, 2.05) is 53.6 Å². The summed E-state index contributed by atoms with van der Waals surface area (Å²) in [5, 5.41) is 9.58. The number of nitriles is 1. The number of aromatic nitrogens is 1. The lowest BCUT2D eigenvalue weighted by atomic mass is 9.92. The van der Waals surface area contributed by atoms with Crippen molar-refractivity contribution in [2.75, 3.05) is 26.2 Å². The van der Waals surface area contributed by atoms with Gasteiger partial charge in [-0.15, -0.1) is 0 Å². The SMILES string of the molecule is CC(=O)N1CCC(CN2C=C(c3ccccn3)C=C(c3ccccc3C#N)C2)CC1. The lowest BCUT2D eigenvalue weighted by Gasteiger charge is -2.36. The molecule has 3 heterocycles. The van der Waals surface area contributed by atoms with Gasteiger partial charge in [0.1, 0.15) is 0 Å². The zero-order chi connectivity index (χ0) is 20.9. The van der Waals surface area contributed by atoms with Crippen LogP contribution in [-0.2, 0) is 4.79 Å². The number of carbonyl (C=O) groups excluding carboxylic acids is 1. The summed E-state index contributed by atoms with van der Waals surface area (Å²) < 4.78 is 0. The van der Waals surface area contributed by atoms with Crippen LogP contribution >= 0.6 is 0 Å². The first-order valence-corrected chi connectivity index (χ1v) is 10.5. The topological polar surface area (TPSA) is 60.2 Å². The molecule has 5 nitrogen and oxygen atoms in total. The molecule has 1 saturated heterocycles. The predicted molar refractivity (Wildman–Crippen MR) is 118 cm³/mol. The molecule has 0 bridgehead atoms. The average molecular weight is 399 g/mol. The van der Waals surface area contributed by atoms with Crippen molar-refractivity contribution in [3.05, 3.63) is 77.8 Å². The van der Waals surface area contributed by atoms with Gasteiger partial charge in [-0.3, -0.25) is 9.78 Å². The molecule has 0 radical (unpaired) electrons. The van der Waals surface area contributed by atoms with Gasteiger partial charge in [0.25, 0.3) is 0 Å². The van der Waals surface area contributed by atoms with E-state index in [1.165, 1.54) is 0 Å². The van der Waals surface area contributed by atoms with Gasteiger partial charge >= 0.3 is 0 Å². The van der Waals surface area contributed by atoms with Crippen LogP contribution in [0.3, 0.4) is 0 Å². The average Bonchev–Trinajstić information content (AvgIpc) is 2.80. The number of nitrogens with zero attached hydrogens (tertiary/aromatic N) is 4. The summed E-state index contributed by atoms with van der Waals surface area (Å²) in [6, 6.07) is 16.0. The van der Waals surface area contributed by atoms with Gasteiger partial charge < -0.3 is 9.80 Å². The molecular weight excluding hydrogens is 372 g/mol. The van der Waals surface area contributed by atoms with Gasteiger partial charge in [-0.2, -0.15) is 5.26 Å². The van der Waals surface area contributed by atoms with Crippen LogP contribution in [0.5, 0.6) is 0 Å². The summed E-state index contributed by atoms with van der Waals surface area (Å²) in [7, 11) is 0. The number of allylic oxidation sites excluding steroid dienone is 2. The molecule has 5 heteroatoms. The summed E-state index contributed by atoms with van der Waals surface area (Å²) in [4.78, 5) is 20.4. The molecule has 2 aliphatic rings. The Bertz CT molecular complexity index is 1010. The van der Waals surface area contributed by atoms with E-state index in [0.717, 1.165) is 61.4 Å². The molecule has 0 aliphatic carbocycles. The largest absolute Gasteiger partial charge is 0.372 e. The first-order valence-electron chi connectivity index (χ1n) is 10.5. The fourth-order valence-electron chi connectivity index (χ4n) is 4.31. The van der Waals surface area contributed by atoms with Crippen LogP contribution in [0.25, 0.3) is 11.1 Å². The van der Waals surface area contributed by atoms with E-state index in [-0.39, 0.29) is 5.91 Å². The molecule has 0 unspecified atom stereocenters. The molecular formula is C25H26N4O. The highest BCUT2D eigenvalue weighted by Crippen LogP contribution is 2.30. The molecule has 152 valence electrons. The number of carbonyl (C=O) groups is 1. The third kappa shape index (κ3) is 4.44. The van der Waals surface area contributed by atoms with Crippen LogP contribution in [0.15, 0.2) is 60.9 Å². The molecule has 30 heavy (non-hydrogen) atoms. The molecule has 0 atom stereocenters. The van der Waals surface area contributed by atoms with Crippen LogP contribution in [0.4, 0.5) is 0 Å². The first-order chi connectivity index (χ1) is 14.6. The number of rotatable bonds is 4. The van der Waals surface area contributed by atoms with Crippen molar-refractivity contribution in [1.82, 2.24) is 14.8 Å². The number of piperidine rings is 1. The fourth-order valence-corrected chi connectivity index (χ4v) is 4.31. The van der Waals surface area contributed by atoms with Crippen molar-refractivity contribution >= 4 is 17.1 Å². The quantitative estimate of drug-likeness (QED) is 0.782. The van der Waals surface area contributed by atoms with Crippen molar-refractivity contribution < 1.29 is 4.79 Å². The summed E-state index contributed by atoms with van der Waals surface area (Å²) in [6.07, 6.45) is 8.21. The Balaban J connectivity index is 1.59. The van der Waals surface area contributed by atoms with E-state index < -0.39 is 0 Å². The normalized spacial score (nSPS) is 17.2. The van der Waals surface area contributed by atoms with Gasteiger partial charge in [0.15, 0.2) is 0 Å². The Kier molecular flexibility index (Phi) is 5.94. The van der Waals surface area contributed by atoms with E-state index in [0.29, 0.717) is 11.5 Å². The Morgan fingerprint density at radius 3 is 2.63 bits per heavy atom. The van der Waals surface area contributed by atoms with Gasteiger partial charge in [-0.1, -0.05) is 24.3 Å². The van der Waals surface area contributed by atoms with Crippen molar-refractivity contribution in [3.8, 4) is 6.07 Å². The Labute approximate surface area is 178 Å². The maximum absolute atomic E-state index is 11.6. The van der Waals surface area contributed by atoms with E-state index in [2.05, 4.69) is 28.2 Å². The van der Waals surface area contributed by atoms with Gasteiger partial charge in [0.2, 0.25) is 5.91 Å². The maximum atomic E-state index is 11.6. The summed E-state index contributed by atoms with van der Waals surface area (Å²) >= 11 is 0. The van der Waals surface area contributed by atoms with Crippen molar-refractivity contribution in [1.29, 1.82) is 5.26 Å². The van der Waals surface area contributed by atoms with E-state index in [9.17, 15) is 10.1 Å². The first kappa shape index (κ1) is 19.9. The Morgan fingerprint density at radius 2 is 1.93 bits per heavy atom. The highest BCUT2D eigenvalue weighted by atomic mass is 16.2. The lowest BCUT2D eigenvalue weighted by Crippen LogP contribution is -2.40. The highest BCUT2D eigenvalue weighted by Gasteiger charge is 2.24.